The van der Waals surface area contributed by atoms with E-state index in [2.05, 4.69) is 36.1 Å². The first-order valence-corrected chi connectivity index (χ1v) is 11.6. The summed E-state index contributed by atoms with van der Waals surface area (Å²) in [6.45, 7) is 7.12. The van der Waals surface area contributed by atoms with Crippen LogP contribution in [0.2, 0.25) is 0 Å². The lowest BCUT2D eigenvalue weighted by atomic mass is 10.1. The number of piperazine rings is 1. The number of aryl methyl sites for hydroxylation is 1. The van der Waals surface area contributed by atoms with Crippen molar-refractivity contribution in [3.63, 3.8) is 0 Å². The van der Waals surface area contributed by atoms with Crippen molar-refractivity contribution >= 4 is 11.8 Å². The lowest BCUT2D eigenvalue weighted by Crippen LogP contribution is -2.51. The molecule has 2 aliphatic heterocycles. The largest absolute Gasteiger partial charge is 0.342 e. The van der Waals surface area contributed by atoms with Crippen LogP contribution in [0.15, 0.2) is 24.3 Å². The summed E-state index contributed by atoms with van der Waals surface area (Å²) in [5.74, 6) is 0.265. The number of carbonyl (C=O) groups excluding carboxylic acids is 2. The van der Waals surface area contributed by atoms with Gasteiger partial charge in [0.15, 0.2) is 5.69 Å². The van der Waals surface area contributed by atoms with Gasteiger partial charge in [-0.1, -0.05) is 17.7 Å². The molecule has 0 unspecified atom stereocenters. The molecule has 2 fully saturated rings. The fraction of sp³-hybridized carbons (Fsp3) is 0.542. The number of nitrogens with zero attached hydrogens (tertiary/aromatic N) is 5. The zero-order valence-electron chi connectivity index (χ0n) is 18.3. The second kappa shape index (κ2) is 8.46. The molecule has 7 heteroatoms. The Balaban J connectivity index is 1.26. The molecule has 0 bridgehead atoms. The van der Waals surface area contributed by atoms with Gasteiger partial charge in [-0.2, -0.15) is 5.10 Å². The van der Waals surface area contributed by atoms with E-state index in [1.54, 1.807) is 0 Å². The molecule has 2 aromatic rings. The van der Waals surface area contributed by atoms with Gasteiger partial charge in [-0.25, -0.2) is 4.68 Å². The zero-order valence-corrected chi connectivity index (χ0v) is 18.3. The summed E-state index contributed by atoms with van der Waals surface area (Å²) in [7, 11) is 0. The van der Waals surface area contributed by atoms with Gasteiger partial charge in [0.25, 0.3) is 5.91 Å². The third-order valence-electron chi connectivity index (χ3n) is 6.89. The number of amides is 2. The SMILES string of the molecule is Cc1ccc(-n2nc(C(=O)N3CCN(CC(=O)N4CCCC4)CC3)c3c2CCC3)cc1. The van der Waals surface area contributed by atoms with Gasteiger partial charge >= 0.3 is 0 Å². The molecule has 0 radical (unpaired) electrons. The van der Waals surface area contributed by atoms with E-state index in [1.807, 2.05) is 14.5 Å². The highest BCUT2D eigenvalue weighted by molar-refractivity contribution is 5.94. The molecule has 31 heavy (non-hydrogen) atoms. The third kappa shape index (κ3) is 3.99. The van der Waals surface area contributed by atoms with Crippen LogP contribution < -0.4 is 0 Å². The number of hydrogen-bond acceptors (Lipinski definition) is 4. The Morgan fingerprint density at radius 3 is 2.29 bits per heavy atom. The average molecular weight is 422 g/mol. The Morgan fingerprint density at radius 2 is 1.58 bits per heavy atom. The Labute approximate surface area is 183 Å². The first-order valence-electron chi connectivity index (χ1n) is 11.6. The monoisotopic (exact) mass is 421 g/mol. The van der Waals surface area contributed by atoms with Crippen LogP contribution in [-0.4, -0.2) is 82.1 Å². The van der Waals surface area contributed by atoms with Crippen LogP contribution in [-0.2, 0) is 17.6 Å². The Kier molecular flexibility index (Phi) is 5.52. The molecule has 164 valence electrons. The van der Waals surface area contributed by atoms with Gasteiger partial charge in [0.2, 0.25) is 5.91 Å². The summed E-state index contributed by atoms with van der Waals surface area (Å²) < 4.78 is 1.97. The van der Waals surface area contributed by atoms with Crippen molar-refractivity contribution < 1.29 is 9.59 Å². The van der Waals surface area contributed by atoms with Crippen LogP contribution in [0.4, 0.5) is 0 Å². The molecule has 2 saturated heterocycles. The van der Waals surface area contributed by atoms with Crippen molar-refractivity contribution in [3.05, 3.63) is 46.8 Å². The maximum absolute atomic E-state index is 13.4. The van der Waals surface area contributed by atoms with Crippen LogP contribution in [0, 0.1) is 6.92 Å². The number of hydrogen-bond donors (Lipinski definition) is 0. The van der Waals surface area contributed by atoms with Gasteiger partial charge in [-0.15, -0.1) is 0 Å². The standard InChI is InChI=1S/C24H31N5O2/c1-18-7-9-19(10-8-18)29-21-6-4-5-20(21)23(25-29)24(31)28-15-13-26(14-16-28)17-22(30)27-11-2-3-12-27/h7-10H,2-6,11-17H2,1H3. The topological polar surface area (TPSA) is 61.7 Å². The quantitative estimate of drug-likeness (QED) is 0.758. The highest BCUT2D eigenvalue weighted by Crippen LogP contribution is 2.29. The van der Waals surface area contributed by atoms with E-state index in [4.69, 9.17) is 5.10 Å². The Bertz CT molecular complexity index is 967. The summed E-state index contributed by atoms with van der Waals surface area (Å²) in [5, 5.41) is 4.78. The van der Waals surface area contributed by atoms with E-state index in [9.17, 15) is 9.59 Å². The lowest BCUT2D eigenvalue weighted by Gasteiger charge is -2.34. The van der Waals surface area contributed by atoms with Gasteiger partial charge < -0.3 is 9.80 Å². The maximum atomic E-state index is 13.4. The van der Waals surface area contributed by atoms with Gasteiger partial charge in [-0.3, -0.25) is 14.5 Å². The van der Waals surface area contributed by atoms with Gasteiger partial charge in [-0.05, 0) is 51.2 Å². The summed E-state index contributed by atoms with van der Waals surface area (Å²) >= 11 is 0. The molecule has 0 atom stereocenters. The predicted octanol–water partition coefficient (Wildman–Crippen LogP) is 2.05. The molecule has 0 saturated carbocycles. The van der Waals surface area contributed by atoms with Gasteiger partial charge in [0, 0.05) is 50.5 Å². The van der Waals surface area contributed by atoms with Crippen LogP contribution in [0.5, 0.6) is 0 Å². The minimum Gasteiger partial charge on any atom is -0.342 e. The van der Waals surface area contributed by atoms with Gasteiger partial charge in [0.05, 0.1) is 12.2 Å². The van der Waals surface area contributed by atoms with Crippen molar-refractivity contribution in [1.82, 2.24) is 24.5 Å². The molecule has 7 nitrogen and oxygen atoms in total. The van der Waals surface area contributed by atoms with E-state index in [0.717, 1.165) is 69.5 Å². The average Bonchev–Trinajstić information content (AvgIpc) is 3.53. The molecule has 3 heterocycles. The zero-order chi connectivity index (χ0) is 21.4. The number of benzene rings is 1. The van der Waals surface area contributed by atoms with E-state index < -0.39 is 0 Å². The summed E-state index contributed by atoms with van der Waals surface area (Å²) in [5.41, 5.74) is 5.16. The number of rotatable bonds is 4. The highest BCUT2D eigenvalue weighted by atomic mass is 16.2. The summed E-state index contributed by atoms with van der Waals surface area (Å²) in [4.78, 5) is 31.8. The Hall–Kier alpha value is -2.67. The first-order chi connectivity index (χ1) is 15.1. The molecule has 1 aliphatic carbocycles. The van der Waals surface area contributed by atoms with Crippen molar-refractivity contribution in [1.29, 1.82) is 0 Å². The molecule has 1 aromatic carbocycles. The van der Waals surface area contributed by atoms with Crippen LogP contribution in [0.3, 0.4) is 0 Å². The van der Waals surface area contributed by atoms with E-state index in [1.165, 1.54) is 11.3 Å². The van der Waals surface area contributed by atoms with Crippen molar-refractivity contribution in [3.8, 4) is 5.69 Å². The van der Waals surface area contributed by atoms with E-state index in [-0.39, 0.29) is 11.8 Å². The number of likely N-dealkylation sites (tertiary alicyclic amines) is 1. The van der Waals surface area contributed by atoms with E-state index >= 15 is 0 Å². The number of aromatic nitrogens is 2. The number of fused-ring (bicyclic) bond motifs is 1. The molecule has 0 N–H and O–H groups in total. The minimum atomic E-state index is 0.0366. The smallest absolute Gasteiger partial charge is 0.274 e. The van der Waals surface area contributed by atoms with E-state index in [0.29, 0.717) is 25.3 Å². The van der Waals surface area contributed by atoms with Crippen LogP contribution >= 0.6 is 0 Å². The van der Waals surface area contributed by atoms with Crippen LogP contribution in [0.1, 0.15) is 46.6 Å². The third-order valence-corrected chi connectivity index (χ3v) is 6.89. The molecule has 3 aliphatic rings. The highest BCUT2D eigenvalue weighted by Gasteiger charge is 2.31. The second-order valence-electron chi connectivity index (χ2n) is 9.03. The van der Waals surface area contributed by atoms with Gasteiger partial charge in [0.1, 0.15) is 0 Å². The molecular formula is C24H31N5O2. The summed E-state index contributed by atoms with van der Waals surface area (Å²) in [6, 6.07) is 8.32. The molecule has 5 rings (SSSR count). The number of carbonyl (C=O) groups is 2. The van der Waals surface area contributed by atoms with Crippen molar-refractivity contribution in [2.75, 3.05) is 45.8 Å². The molecular weight excluding hydrogens is 390 g/mol. The lowest BCUT2D eigenvalue weighted by molar-refractivity contribution is -0.131. The predicted molar refractivity (Wildman–Crippen MR) is 118 cm³/mol. The molecule has 2 amide bonds. The molecule has 0 spiro atoms. The normalized spacial score (nSPS) is 19.1. The molecule has 1 aromatic heterocycles. The van der Waals surface area contributed by atoms with Crippen LogP contribution in [0.25, 0.3) is 5.69 Å². The fourth-order valence-electron chi connectivity index (χ4n) is 5.03. The first kappa shape index (κ1) is 20.2. The second-order valence-corrected chi connectivity index (χ2v) is 9.03. The fourth-order valence-corrected chi connectivity index (χ4v) is 5.03. The van der Waals surface area contributed by atoms with Crippen molar-refractivity contribution in [2.24, 2.45) is 0 Å². The maximum Gasteiger partial charge on any atom is 0.274 e. The Morgan fingerprint density at radius 1 is 0.871 bits per heavy atom. The van der Waals surface area contributed by atoms with Crippen molar-refractivity contribution in [2.45, 2.75) is 39.0 Å². The minimum absolute atomic E-state index is 0.0366. The summed E-state index contributed by atoms with van der Waals surface area (Å²) in [6.07, 6.45) is 5.20.